The van der Waals surface area contributed by atoms with Crippen LogP contribution >= 0.6 is 0 Å². The minimum Gasteiger partial charge on any atom is -0.507 e. The van der Waals surface area contributed by atoms with E-state index in [0.717, 1.165) is 12.5 Å². The highest BCUT2D eigenvalue weighted by molar-refractivity contribution is 5.97. The molecule has 1 amide bonds. The van der Waals surface area contributed by atoms with Crippen LogP contribution in [0.4, 0.5) is 8.78 Å². The van der Waals surface area contributed by atoms with Gasteiger partial charge in [0.2, 0.25) is 0 Å². The Morgan fingerprint density at radius 1 is 1.20 bits per heavy atom. The minimum atomic E-state index is -0.854. The molecule has 1 saturated heterocycles. The first kappa shape index (κ1) is 17.4. The Morgan fingerprint density at radius 3 is 2.60 bits per heavy atom. The van der Waals surface area contributed by atoms with Crippen LogP contribution in [0.2, 0.25) is 0 Å². The largest absolute Gasteiger partial charge is 0.507 e. The van der Waals surface area contributed by atoms with E-state index >= 15 is 0 Å². The van der Waals surface area contributed by atoms with Gasteiger partial charge in [-0.25, -0.2) is 8.78 Å². The molecule has 0 saturated carbocycles. The number of carbonyl (C=O) groups is 1. The molecule has 1 fully saturated rings. The van der Waals surface area contributed by atoms with Crippen LogP contribution in [0.25, 0.3) is 0 Å². The second-order valence-corrected chi connectivity index (χ2v) is 6.23. The second kappa shape index (κ2) is 7.19. The number of phenolic OH excluding ortho intramolecular Hbond substituents is 1. The number of hydrogen-bond donors (Lipinski definition) is 2. The number of hydrogen-bond acceptors (Lipinski definition) is 3. The maximum absolute atomic E-state index is 14.0. The maximum atomic E-state index is 14.0. The summed E-state index contributed by atoms with van der Waals surface area (Å²) in [6.45, 7) is 0.438. The summed E-state index contributed by atoms with van der Waals surface area (Å²) >= 11 is 0. The molecule has 132 valence electrons. The van der Waals surface area contributed by atoms with Crippen molar-refractivity contribution in [2.24, 2.45) is 0 Å². The highest BCUT2D eigenvalue weighted by Gasteiger charge is 2.33. The Bertz CT molecular complexity index is 744. The third kappa shape index (κ3) is 3.64. The maximum Gasteiger partial charge on any atom is 0.260 e. The van der Waals surface area contributed by atoms with Gasteiger partial charge in [0, 0.05) is 12.6 Å². The molecule has 0 spiro atoms. The number of benzene rings is 2. The Hall–Kier alpha value is -2.47. The monoisotopic (exact) mass is 347 g/mol. The van der Waals surface area contributed by atoms with Gasteiger partial charge in [0.05, 0.1) is 6.10 Å². The van der Waals surface area contributed by atoms with Crippen molar-refractivity contribution >= 4 is 5.91 Å². The molecular formula is C19H19F2NO3. The quantitative estimate of drug-likeness (QED) is 0.891. The molecule has 2 N–H and O–H groups in total. The first-order chi connectivity index (χ1) is 12.0. The molecule has 0 unspecified atom stereocenters. The van der Waals surface area contributed by atoms with Crippen molar-refractivity contribution < 1.29 is 23.8 Å². The number of carbonyl (C=O) groups excluding carboxylic acids is 1. The number of phenols is 1. The molecule has 2 atom stereocenters. The van der Waals surface area contributed by atoms with E-state index in [1.165, 1.54) is 41.3 Å². The molecule has 0 radical (unpaired) electrons. The standard InChI is InChI=1S/C19H19F2NO3/c20-13-8-6-12(7-9-13)17(24)11-14-3-2-10-22(14)19(25)18-15(21)4-1-5-16(18)23/h1,4-9,14,17,23-24H,2-3,10-11H2/t14-,17+/m1/s1. The van der Waals surface area contributed by atoms with Gasteiger partial charge in [0.15, 0.2) is 0 Å². The highest BCUT2D eigenvalue weighted by atomic mass is 19.1. The molecule has 1 aliphatic rings. The zero-order chi connectivity index (χ0) is 18.0. The summed E-state index contributed by atoms with van der Waals surface area (Å²) in [5.41, 5.74) is 0.222. The van der Waals surface area contributed by atoms with Crippen molar-refractivity contribution in [3.63, 3.8) is 0 Å². The zero-order valence-corrected chi connectivity index (χ0v) is 13.5. The summed E-state index contributed by atoms with van der Waals surface area (Å²) in [5, 5.41) is 20.2. The number of aromatic hydroxyl groups is 1. The molecule has 0 aromatic heterocycles. The molecule has 3 rings (SSSR count). The van der Waals surface area contributed by atoms with E-state index in [0.29, 0.717) is 18.5 Å². The van der Waals surface area contributed by atoms with Gasteiger partial charge in [-0.15, -0.1) is 0 Å². The highest BCUT2D eigenvalue weighted by Crippen LogP contribution is 2.31. The van der Waals surface area contributed by atoms with Gasteiger partial charge in [-0.05, 0) is 49.1 Å². The molecule has 2 aromatic rings. The van der Waals surface area contributed by atoms with Crippen molar-refractivity contribution in [1.29, 1.82) is 0 Å². The lowest BCUT2D eigenvalue weighted by atomic mass is 10.00. The minimum absolute atomic E-state index is 0.270. The topological polar surface area (TPSA) is 60.8 Å². The van der Waals surface area contributed by atoms with Gasteiger partial charge in [0.25, 0.3) is 5.91 Å². The number of likely N-dealkylation sites (tertiary alicyclic amines) is 1. The van der Waals surface area contributed by atoms with E-state index in [-0.39, 0.29) is 23.8 Å². The third-order valence-electron chi connectivity index (χ3n) is 4.59. The van der Waals surface area contributed by atoms with Gasteiger partial charge in [0.1, 0.15) is 22.9 Å². The van der Waals surface area contributed by atoms with Crippen LogP contribution in [0.3, 0.4) is 0 Å². The molecule has 0 bridgehead atoms. The van der Waals surface area contributed by atoms with Crippen LogP contribution in [0.15, 0.2) is 42.5 Å². The number of amides is 1. The summed E-state index contributed by atoms with van der Waals surface area (Å²) in [4.78, 5) is 14.1. The van der Waals surface area contributed by atoms with Crippen molar-refractivity contribution in [2.45, 2.75) is 31.4 Å². The first-order valence-corrected chi connectivity index (χ1v) is 8.19. The van der Waals surface area contributed by atoms with Crippen molar-refractivity contribution in [3.8, 4) is 5.75 Å². The molecule has 6 heteroatoms. The summed E-state index contributed by atoms with van der Waals surface area (Å²) in [6.07, 6.45) is 0.835. The molecule has 4 nitrogen and oxygen atoms in total. The van der Waals surface area contributed by atoms with Crippen molar-refractivity contribution in [3.05, 3.63) is 65.2 Å². The predicted octanol–water partition coefficient (Wildman–Crippen LogP) is 3.40. The number of aliphatic hydroxyl groups excluding tert-OH is 1. The van der Waals surface area contributed by atoms with E-state index in [1.54, 1.807) is 0 Å². The molecule has 1 heterocycles. The van der Waals surface area contributed by atoms with Gasteiger partial charge in [-0.3, -0.25) is 4.79 Å². The predicted molar refractivity (Wildman–Crippen MR) is 88.1 cm³/mol. The van der Waals surface area contributed by atoms with Crippen LogP contribution in [0.1, 0.15) is 41.3 Å². The smallest absolute Gasteiger partial charge is 0.260 e. The summed E-state index contributed by atoms with van der Waals surface area (Å²) in [5.74, 6) is -2.13. The zero-order valence-electron chi connectivity index (χ0n) is 13.5. The van der Waals surface area contributed by atoms with Gasteiger partial charge < -0.3 is 15.1 Å². The lowest BCUT2D eigenvalue weighted by molar-refractivity contribution is 0.0659. The first-order valence-electron chi connectivity index (χ1n) is 8.19. The molecule has 0 aliphatic carbocycles. The summed E-state index contributed by atoms with van der Waals surface area (Å²) in [6, 6.07) is 9.02. The van der Waals surface area contributed by atoms with Gasteiger partial charge in [-0.2, -0.15) is 0 Å². The Morgan fingerprint density at radius 2 is 1.92 bits per heavy atom. The van der Waals surface area contributed by atoms with Gasteiger partial charge >= 0.3 is 0 Å². The van der Waals surface area contributed by atoms with Crippen molar-refractivity contribution in [1.82, 2.24) is 4.90 Å². The van der Waals surface area contributed by atoms with Gasteiger partial charge in [-0.1, -0.05) is 18.2 Å². The Kier molecular flexibility index (Phi) is 4.99. The Balaban J connectivity index is 1.76. The van der Waals surface area contributed by atoms with E-state index in [4.69, 9.17) is 0 Å². The number of nitrogens with zero attached hydrogens (tertiary/aromatic N) is 1. The third-order valence-corrected chi connectivity index (χ3v) is 4.59. The SMILES string of the molecule is O=C(c1c(O)cccc1F)N1CCC[C@@H]1C[C@H](O)c1ccc(F)cc1. The lowest BCUT2D eigenvalue weighted by Gasteiger charge is -2.27. The fraction of sp³-hybridized carbons (Fsp3) is 0.316. The average molecular weight is 347 g/mol. The second-order valence-electron chi connectivity index (χ2n) is 6.23. The van der Waals surface area contributed by atoms with Crippen LogP contribution in [-0.4, -0.2) is 33.6 Å². The van der Waals surface area contributed by atoms with Crippen LogP contribution in [0, 0.1) is 11.6 Å². The number of rotatable bonds is 4. The van der Waals surface area contributed by atoms with E-state index < -0.39 is 23.6 Å². The fourth-order valence-electron chi connectivity index (χ4n) is 3.29. The average Bonchev–Trinajstić information content (AvgIpc) is 3.03. The summed E-state index contributed by atoms with van der Waals surface area (Å²) < 4.78 is 26.9. The van der Waals surface area contributed by atoms with E-state index in [2.05, 4.69) is 0 Å². The molecule has 25 heavy (non-hydrogen) atoms. The molecule has 2 aromatic carbocycles. The van der Waals surface area contributed by atoms with Crippen molar-refractivity contribution in [2.75, 3.05) is 6.54 Å². The normalized spacial score (nSPS) is 18.4. The number of halogens is 2. The molecular weight excluding hydrogens is 328 g/mol. The molecule has 1 aliphatic heterocycles. The lowest BCUT2D eigenvalue weighted by Crippen LogP contribution is -2.37. The van der Waals surface area contributed by atoms with Crippen LogP contribution in [0.5, 0.6) is 5.75 Å². The summed E-state index contributed by atoms with van der Waals surface area (Å²) in [7, 11) is 0. The fourth-order valence-corrected chi connectivity index (χ4v) is 3.29. The van der Waals surface area contributed by atoms with Crippen LogP contribution < -0.4 is 0 Å². The number of aliphatic hydroxyl groups is 1. The van der Waals surface area contributed by atoms with Crippen LogP contribution in [-0.2, 0) is 0 Å². The Labute approximate surface area is 144 Å². The van der Waals surface area contributed by atoms with E-state index in [9.17, 15) is 23.8 Å². The van der Waals surface area contributed by atoms with E-state index in [1.807, 2.05) is 0 Å².